The Morgan fingerprint density at radius 1 is 1.15 bits per heavy atom. The summed E-state index contributed by atoms with van der Waals surface area (Å²) in [5, 5.41) is 4.14. The number of carbonyl (C=O) groups excluding carboxylic acids is 1. The van der Waals surface area contributed by atoms with Crippen molar-refractivity contribution in [3.8, 4) is 17.2 Å². The molecule has 1 amide bonds. The van der Waals surface area contributed by atoms with Gasteiger partial charge in [0.05, 0.1) is 5.02 Å². The maximum atomic E-state index is 12.2. The molecule has 0 unspecified atom stereocenters. The van der Waals surface area contributed by atoms with Gasteiger partial charge in [-0.1, -0.05) is 11.6 Å². The van der Waals surface area contributed by atoms with Crippen LogP contribution in [0.15, 0.2) is 48.7 Å². The summed E-state index contributed by atoms with van der Waals surface area (Å²) in [6.45, 7) is 0.863. The summed E-state index contributed by atoms with van der Waals surface area (Å²) in [6, 6.07) is 12.3. The molecule has 1 aromatic heterocycles. The Labute approximate surface area is 154 Å². The van der Waals surface area contributed by atoms with E-state index in [-0.39, 0.29) is 12.5 Å². The molecule has 1 aliphatic rings. The van der Waals surface area contributed by atoms with E-state index in [4.69, 9.17) is 25.8 Å². The van der Waals surface area contributed by atoms with E-state index < -0.39 is 0 Å². The first-order valence-corrected chi connectivity index (χ1v) is 8.44. The van der Waals surface area contributed by atoms with Crippen molar-refractivity contribution in [3.05, 3.63) is 53.7 Å². The molecule has 2 heterocycles. The molecule has 7 heteroatoms. The largest absolute Gasteiger partial charge is 0.486 e. The van der Waals surface area contributed by atoms with Crippen molar-refractivity contribution in [1.29, 1.82) is 0 Å². The Morgan fingerprint density at radius 2 is 2.00 bits per heavy atom. The fourth-order valence-corrected chi connectivity index (χ4v) is 2.91. The molecule has 0 aliphatic carbocycles. The maximum Gasteiger partial charge on any atom is 0.262 e. The number of halogens is 1. The van der Waals surface area contributed by atoms with Crippen LogP contribution >= 0.6 is 11.6 Å². The molecule has 26 heavy (non-hydrogen) atoms. The number of pyridine rings is 1. The van der Waals surface area contributed by atoms with Crippen molar-refractivity contribution in [2.45, 2.75) is 0 Å². The minimum atomic E-state index is -0.291. The standard InChI is InChI=1S/C19H15ClN2O4/c20-14-4-6-16(19-13(14)2-1-7-21-19)26-11-18(23)22-12-3-5-15-17(10-12)25-9-8-24-15/h1-7,10H,8-9,11H2,(H,22,23). The van der Waals surface area contributed by atoms with E-state index in [1.165, 1.54) is 0 Å². The Morgan fingerprint density at radius 3 is 2.88 bits per heavy atom. The summed E-state index contributed by atoms with van der Waals surface area (Å²) in [7, 11) is 0. The lowest BCUT2D eigenvalue weighted by molar-refractivity contribution is -0.118. The van der Waals surface area contributed by atoms with E-state index in [0.29, 0.717) is 46.7 Å². The topological polar surface area (TPSA) is 69.7 Å². The van der Waals surface area contributed by atoms with Gasteiger partial charge in [0, 0.05) is 23.3 Å². The predicted octanol–water partition coefficient (Wildman–Crippen LogP) is 3.68. The van der Waals surface area contributed by atoms with Crippen LogP contribution in [-0.4, -0.2) is 30.7 Å². The number of rotatable bonds is 4. The number of hydrogen-bond acceptors (Lipinski definition) is 5. The summed E-state index contributed by atoms with van der Waals surface area (Å²) >= 11 is 6.16. The summed E-state index contributed by atoms with van der Waals surface area (Å²) in [6.07, 6.45) is 1.65. The van der Waals surface area contributed by atoms with Crippen LogP contribution in [0.4, 0.5) is 5.69 Å². The quantitative estimate of drug-likeness (QED) is 0.758. The Kier molecular flexibility index (Phi) is 4.50. The number of aromatic nitrogens is 1. The van der Waals surface area contributed by atoms with E-state index in [9.17, 15) is 4.79 Å². The summed E-state index contributed by atoms with van der Waals surface area (Å²) in [5.41, 5.74) is 1.23. The van der Waals surface area contributed by atoms with Gasteiger partial charge < -0.3 is 19.5 Å². The lowest BCUT2D eigenvalue weighted by atomic mass is 10.2. The highest BCUT2D eigenvalue weighted by Crippen LogP contribution is 2.33. The van der Waals surface area contributed by atoms with E-state index in [1.54, 1.807) is 42.6 Å². The molecule has 0 bridgehead atoms. The number of ether oxygens (including phenoxy) is 3. The molecule has 1 N–H and O–H groups in total. The van der Waals surface area contributed by atoms with Crippen LogP contribution in [0.2, 0.25) is 5.02 Å². The molecule has 1 aliphatic heterocycles. The molecule has 0 spiro atoms. The lowest BCUT2D eigenvalue weighted by Crippen LogP contribution is -2.21. The van der Waals surface area contributed by atoms with Gasteiger partial charge in [-0.15, -0.1) is 0 Å². The van der Waals surface area contributed by atoms with E-state index >= 15 is 0 Å². The lowest BCUT2D eigenvalue weighted by Gasteiger charge is -2.19. The fourth-order valence-electron chi connectivity index (χ4n) is 2.69. The van der Waals surface area contributed by atoms with Crippen molar-refractivity contribution in [3.63, 3.8) is 0 Å². The van der Waals surface area contributed by atoms with Gasteiger partial charge >= 0.3 is 0 Å². The predicted molar refractivity (Wildman–Crippen MR) is 98.3 cm³/mol. The number of anilines is 1. The zero-order chi connectivity index (χ0) is 17.9. The van der Waals surface area contributed by atoms with Crippen LogP contribution in [0.25, 0.3) is 10.9 Å². The van der Waals surface area contributed by atoms with E-state index in [0.717, 1.165) is 5.39 Å². The average molecular weight is 371 g/mol. The van der Waals surface area contributed by atoms with Crippen molar-refractivity contribution in [2.75, 3.05) is 25.1 Å². The molecule has 6 nitrogen and oxygen atoms in total. The highest BCUT2D eigenvalue weighted by Gasteiger charge is 2.13. The SMILES string of the molecule is O=C(COc1ccc(Cl)c2cccnc12)Nc1ccc2c(c1)OCCO2. The summed E-state index contributed by atoms with van der Waals surface area (Å²) < 4.78 is 16.6. The molecule has 0 atom stereocenters. The van der Waals surface area contributed by atoms with Crippen LogP contribution in [0.3, 0.4) is 0 Å². The first-order valence-electron chi connectivity index (χ1n) is 8.06. The Balaban J connectivity index is 1.44. The number of hydrogen-bond donors (Lipinski definition) is 1. The van der Waals surface area contributed by atoms with E-state index in [2.05, 4.69) is 10.3 Å². The fraction of sp³-hybridized carbons (Fsp3) is 0.158. The third-order valence-corrected chi connectivity index (χ3v) is 4.19. The molecule has 0 saturated carbocycles. The van der Waals surface area contributed by atoms with Crippen molar-refractivity contribution >= 4 is 34.1 Å². The zero-order valence-corrected chi connectivity index (χ0v) is 14.5. The van der Waals surface area contributed by atoms with Gasteiger partial charge in [-0.2, -0.15) is 0 Å². The molecule has 0 fully saturated rings. The maximum absolute atomic E-state index is 12.2. The smallest absolute Gasteiger partial charge is 0.262 e. The first-order chi connectivity index (χ1) is 12.7. The molecule has 132 valence electrons. The highest BCUT2D eigenvalue weighted by atomic mass is 35.5. The number of carbonyl (C=O) groups is 1. The highest BCUT2D eigenvalue weighted by molar-refractivity contribution is 6.35. The molecular formula is C19H15ClN2O4. The number of amides is 1. The second-order valence-corrected chi connectivity index (χ2v) is 6.05. The molecule has 0 radical (unpaired) electrons. The van der Waals surface area contributed by atoms with Crippen molar-refractivity contribution < 1.29 is 19.0 Å². The van der Waals surface area contributed by atoms with Crippen LogP contribution < -0.4 is 19.5 Å². The number of nitrogens with zero attached hydrogens (tertiary/aromatic N) is 1. The van der Waals surface area contributed by atoms with Gasteiger partial charge in [-0.25, -0.2) is 0 Å². The van der Waals surface area contributed by atoms with Gasteiger partial charge in [0.25, 0.3) is 5.91 Å². The second kappa shape index (κ2) is 7.09. The van der Waals surface area contributed by atoms with Gasteiger partial charge in [0.1, 0.15) is 24.5 Å². The molecular weight excluding hydrogens is 356 g/mol. The van der Waals surface area contributed by atoms with Gasteiger partial charge in [0.15, 0.2) is 18.1 Å². The number of nitrogens with one attached hydrogen (secondary N) is 1. The molecule has 4 rings (SSSR count). The third kappa shape index (κ3) is 3.36. The molecule has 2 aromatic carbocycles. The monoisotopic (exact) mass is 370 g/mol. The minimum Gasteiger partial charge on any atom is -0.486 e. The molecule has 0 saturated heterocycles. The number of benzene rings is 2. The second-order valence-electron chi connectivity index (χ2n) is 5.64. The Bertz CT molecular complexity index is 977. The normalized spacial score (nSPS) is 12.7. The molecule has 3 aromatic rings. The zero-order valence-electron chi connectivity index (χ0n) is 13.7. The van der Waals surface area contributed by atoms with E-state index in [1.807, 2.05) is 6.07 Å². The van der Waals surface area contributed by atoms with Gasteiger partial charge in [-0.05, 0) is 36.4 Å². The third-order valence-electron chi connectivity index (χ3n) is 3.86. The van der Waals surface area contributed by atoms with Crippen LogP contribution in [0, 0.1) is 0 Å². The first kappa shape index (κ1) is 16.5. The van der Waals surface area contributed by atoms with Crippen LogP contribution in [-0.2, 0) is 4.79 Å². The minimum absolute atomic E-state index is 0.151. The average Bonchev–Trinajstić information content (AvgIpc) is 2.68. The Hall–Kier alpha value is -2.99. The van der Waals surface area contributed by atoms with Crippen LogP contribution in [0.5, 0.6) is 17.2 Å². The summed E-state index contributed by atoms with van der Waals surface area (Å²) in [5.74, 6) is 1.50. The summed E-state index contributed by atoms with van der Waals surface area (Å²) in [4.78, 5) is 16.5. The number of fused-ring (bicyclic) bond motifs is 2. The van der Waals surface area contributed by atoms with Gasteiger partial charge in [0.2, 0.25) is 0 Å². The van der Waals surface area contributed by atoms with Crippen molar-refractivity contribution in [1.82, 2.24) is 4.98 Å². The van der Waals surface area contributed by atoms with Crippen LogP contribution in [0.1, 0.15) is 0 Å². The van der Waals surface area contributed by atoms with Gasteiger partial charge in [-0.3, -0.25) is 9.78 Å². The van der Waals surface area contributed by atoms with Crippen molar-refractivity contribution in [2.24, 2.45) is 0 Å².